The number of amides is 3. The zero-order valence-electron chi connectivity index (χ0n) is 23.1. The quantitative estimate of drug-likeness (QED) is 0.273. The average molecular weight is 538 g/mol. The highest BCUT2D eigenvalue weighted by Gasteiger charge is 2.36. The number of hydrogen-bond donors (Lipinski definition) is 2. The van der Waals surface area contributed by atoms with E-state index < -0.39 is 35.6 Å². The van der Waals surface area contributed by atoms with Crippen molar-refractivity contribution < 1.29 is 19.1 Å². The third kappa shape index (κ3) is 8.60. The summed E-state index contributed by atoms with van der Waals surface area (Å²) in [7, 11) is 0. The molecule has 0 radical (unpaired) electrons. The predicted molar refractivity (Wildman–Crippen MR) is 157 cm³/mol. The Labute approximate surface area is 236 Å². The van der Waals surface area contributed by atoms with E-state index in [2.05, 4.69) is 23.3 Å². The van der Waals surface area contributed by atoms with Crippen LogP contribution < -0.4 is 10.6 Å². The molecule has 0 aromatic heterocycles. The van der Waals surface area contributed by atoms with Gasteiger partial charge in [0, 0.05) is 19.0 Å². The molecule has 2 atom stereocenters. The van der Waals surface area contributed by atoms with Gasteiger partial charge in [-0.25, -0.2) is 4.79 Å². The first kappa shape index (κ1) is 29.7. The van der Waals surface area contributed by atoms with Gasteiger partial charge in [0.1, 0.15) is 17.7 Å². The van der Waals surface area contributed by atoms with E-state index in [9.17, 15) is 14.4 Å². The Balaban J connectivity index is 1.98. The number of carbonyl (C=O) groups excluding carboxylic acids is 3. The first-order valence-corrected chi connectivity index (χ1v) is 13.0. The molecule has 40 heavy (non-hydrogen) atoms. The van der Waals surface area contributed by atoms with Crippen LogP contribution in [0.2, 0.25) is 0 Å². The molecule has 3 aromatic carbocycles. The van der Waals surface area contributed by atoms with Crippen LogP contribution in [0.15, 0.2) is 91.5 Å². The number of alkyl carbamates (subject to hydrolysis) is 1. The number of rotatable bonds is 10. The van der Waals surface area contributed by atoms with Gasteiger partial charge in [-0.05, 0) is 49.1 Å². The molecule has 0 aliphatic carbocycles. The summed E-state index contributed by atoms with van der Waals surface area (Å²) in [4.78, 5) is 41.5. The molecule has 0 saturated heterocycles. The Morgan fingerprint density at radius 1 is 0.975 bits per heavy atom. The number of ether oxygens (including phenoxy) is 1. The third-order valence-electron chi connectivity index (χ3n) is 5.93. The van der Waals surface area contributed by atoms with E-state index in [0.29, 0.717) is 5.56 Å². The number of benzene rings is 3. The van der Waals surface area contributed by atoms with Crippen LogP contribution in [0.25, 0.3) is 6.08 Å². The lowest BCUT2D eigenvalue weighted by Crippen LogP contribution is -2.52. The maximum absolute atomic E-state index is 14.0. The van der Waals surface area contributed by atoms with Crippen LogP contribution >= 0.6 is 0 Å². The fraction of sp³-hybridized carbons (Fsp3) is 0.242. The second-order valence-corrected chi connectivity index (χ2v) is 10.2. The Bertz CT molecular complexity index is 1360. The molecule has 7 heteroatoms. The Hall–Kier alpha value is -4.83. The lowest BCUT2D eigenvalue weighted by atomic mass is 9.99. The molecule has 7 nitrogen and oxygen atoms in total. The molecule has 206 valence electrons. The summed E-state index contributed by atoms with van der Waals surface area (Å²) in [5.74, 6) is -1.09. The van der Waals surface area contributed by atoms with Crippen molar-refractivity contribution in [2.75, 3.05) is 0 Å². The molecule has 3 amide bonds. The molecule has 0 bridgehead atoms. The predicted octanol–water partition coefficient (Wildman–Crippen LogP) is 5.24. The summed E-state index contributed by atoms with van der Waals surface area (Å²) in [5, 5.41) is 5.57. The van der Waals surface area contributed by atoms with Gasteiger partial charge in [-0.15, -0.1) is 0 Å². The first-order valence-electron chi connectivity index (χ1n) is 13.0. The maximum Gasteiger partial charge on any atom is 0.408 e. The lowest BCUT2D eigenvalue weighted by molar-refractivity contribution is -0.138. The van der Waals surface area contributed by atoms with Crippen molar-refractivity contribution in [1.29, 1.82) is 0 Å². The van der Waals surface area contributed by atoms with E-state index in [4.69, 9.17) is 11.2 Å². The van der Waals surface area contributed by atoms with Gasteiger partial charge in [-0.1, -0.05) is 97.9 Å². The summed E-state index contributed by atoms with van der Waals surface area (Å²) < 4.78 is 5.42. The topological polar surface area (TPSA) is 87.7 Å². The van der Waals surface area contributed by atoms with Gasteiger partial charge in [0.25, 0.3) is 5.91 Å². The highest BCUT2D eigenvalue weighted by atomic mass is 16.6. The van der Waals surface area contributed by atoms with Gasteiger partial charge in [-0.2, -0.15) is 0 Å². The molecular formula is C33H35N3O4. The normalized spacial score (nSPS) is 12.2. The Kier molecular flexibility index (Phi) is 10.3. The van der Waals surface area contributed by atoms with Gasteiger partial charge in [0.05, 0.1) is 0 Å². The van der Waals surface area contributed by atoms with E-state index in [1.54, 1.807) is 45.0 Å². The molecule has 0 saturated carbocycles. The van der Waals surface area contributed by atoms with Crippen LogP contribution in [0.4, 0.5) is 4.79 Å². The lowest BCUT2D eigenvalue weighted by Gasteiger charge is -2.30. The molecule has 0 fully saturated rings. The first-order chi connectivity index (χ1) is 19.1. The van der Waals surface area contributed by atoms with E-state index >= 15 is 0 Å². The van der Waals surface area contributed by atoms with Gasteiger partial charge >= 0.3 is 6.09 Å². The maximum atomic E-state index is 14.0. The summed E-state index contributed by atoms with van der Waals surface area (Å²) in [6.07, 6.45) is 6.92. The fourth-order valence-corrected chi connectivity index (χ4v) is 4.09. The van der Waals surface area contributed by atoms with E-state index in [0.717, 1.165) is 21.6 Å². The van der Waals surface area contributed by atoms with Crippen LogP contribution in [0, 0.1) is 12.5 Å². The molecule has 0 aliphatic heterocycles. The highest BCUT2D eigenvalue weighted by molar-refractivity contribution is 5.93. The zero-order valence-corrected chi connectivity index (χ0v) is 23.1. The van der Waals surface area contributed by atoms with Crippen molar-refractivity contribution in [1.82, 2.24) is 15.5 Å². The van der Waals surface area contributed by atoms with Gasteiger partial charge in [0.2, 0.25) is 5.91 Å². The van der Waals surface area contributed by atoms with Crippen molar-refractivity contribution in [3.05, 3.63) is 114 Å². The monoisotopic (exact) mass is 537 g/mol. The van der Waals surface area contributed by atoms with Crippen LogP contribution in [-0.2, 0) is 27.3 Å². The minimum absolute atomic E-state index is 0.141. The number of hydrogen-bond acceptors (Lipinski definition) is 4. The smallest absolute Gasteiger partial charge is 0.408 e. The van der Waals surface area contributed by atoms with Crippen LogP contribution in [0.3, 0.4) is 0 Å². The molecule has 3 aromatic rings. The molecule has 3 rings (SSSR count). The van der Waals surface area contributed by atoms with Crippen molar-refractivity contribution in [2.24, 2.45) is 0 Å². The molecule has 0 aliphatic rings. The molecule has 2 N–H and O–H groups in total. The number of nitrogens with one attached hydrogen (secondary N) is 2. The number of carbonyl (C=O) groups is 3. The molecular weight excluding hydrogens is 502 g/mol. The standard InChI is InChI=1S/C33H35N3O4/c1-6-24-19-14-20-27(21-24)29(30(37)34-23-26-17-12-9-13-18-26)36(7-2)31(38)28(22-25-15-10-8-11-16-25)35-32(39)40-33(3,4)5/h2,6,8-21,28-29H,1,22-23H2,3-5H3,(H,34,37)(H,35,39). The van der Waals surface area contributed by atoms with Crippen molar-refractivity contribution in [3.8, 4) is 12.5 Å². The molecule has 0 heterocycles. The van der Waals surface area contributed by atoms with E-state index in [1.807, 2.05) is 66.7 Å². The SMILES string of the molecule is C#CN(C(=O)C(Cc1ccccc1)NC(=O)OC(C)(C)C)C(C(=O)NCc1ccccc1)c1cccc(C=C)c1. The fourth-order valence-electron chi connectivity index (χ4n) is 4.09. The largest absolute Gasteiger partial charge is 0.444 e. The Morgan fingerprint density at radius 3 is 2.17 bits per heavy atom. The van der Waals surface area contributed by atoms with Crippen LogP contribution in [-0.4, -0.2) is 34.5 Å². The Morgan fingerprint density at radius 2 is 1.60 bits per heavy atom. The number of nitrogens with zero attached hydrogens (tertiary/aromatic N) is 1. The van der Waals surface area contributed by atoms with Crippen molar-refractivity contribution >= 4 is 24.0 Å². The van der Waals surface area contributed by atoms with Crippen LogP contribution in [0.1, 0.15) is 49.1 Å². The summed E-state index contributed by atoms with van der Waals surface area (Å²) >= 11 is 0. The number of terminal acetylenes is 1. The van der Waals surface area contributed by atoms with Crippen molar-refractivity contribution in [2.45, 2.75) is 51.4 Å². The molecule has 0 spiro atoms. The van der Waals surface area contributed by atoms with E-state index in [-0.39, 0.29) is 13.0 Å². The third-order valence-corrected chi connectivity index (χ3v) is 5.93. The zero-order chi connectivity index (χ0) is 29.1. The summed E-state index contributed by atoms with van der Waals surface area (Å²) in [6.45, 7) is 9.24. The van der Waals surface area contributed by atoms with E-state index in [1.165, 1.54) is 0 Å². The van der Waals surface area contributed by atoms with Gasteiger partial charge in [-0.3, -0.25) is 14.5 Å². The second kappa shape index (κ2) is 13.8. The minimum Gasteiger partial charge on any atom is -0.444 e. The summed E-state index contributed by atoms with van der Waals surface area (Å²) in [6, 6.07) is 25.9. The second-order valence-electron chi connectivity index (χ2n) is 10.2. The van der Waals surface area contributed by atoms with Crippen LogP contribution in [0.5, 0.6) is 0 Å². The molecule has 2 unspecified atom stereocenters. The minimum atomic E-state index is -1.17. The van der Waals surface area contributed by atoms with Gasteiger partial charge in [0.15, 0.2) is 0 Å². The van der Waals surface area contributed by atoms with Gasteiger partial charge < -0.3 is 15.4 Å². The average Bonchev–Trinajstić information content (AvgIpc) is 2.94. The summed E-state index contributed by atoms with van der Waals surface area (Å²) in [5.41, 5.74) is 2.18. The van der Waals surface area contributed by atoms with Crippen molar-refractivity contribution in [3.63, 3.8) is 0 Å². The highest BCUT2D eigenvalue weighted by Crippen LogP contribution is 2.24.